The van der Waals surface area contributed by atoms with Crippen molar-refractivity contribution in [2.75, 3.05) is 0 Å². The van der Waals surface area contributed by atoms with Crippen LogP contribution in [0.15, 0.2) is 50.6 Å². The predicted octanol–water partition coefficient (Wildman–Crippen LogP) is 1.18. The molecule has 0 atom stereocenters. The number of carbonyl (C=O) groups excluding carboxylic acids is 1. The summed E-state index contributed by atoms with van der Waals surface area (Å²) in [5, 5.41) is 2.73. The second kappa shape index (κ2) is 7.23. The maximum Gasteiger partial charge on any atom is 0.330 e. The molecule has 2 aromatic rings. The van der Waals surface area contributed by atoms with Crippen LogP contribution in [0, 0.1) is 0 Å². The number of carbonyl (C=O) groups is 1. The molecule has 0 aliphatic carbocycles. The van der Waals surface area contributed by atoms with E-state index in [1.807, 2.05) is 24.3 Å². The maximum absolute atomic E-state index is 11.9. The highest BCUT2D eigenvalue weighted by Gasteiger charge is 2.04. The summed E-state index contributed by atoms with van der Waals surface area (Å²) in [5.74, 6) is -0.319. The highest BCUT2D eigenvalue weighted by Crippen LogP contribution is 2.11. The smallest absolute Gasteiger partial charge is 0.330 e. The fourth-order valence-electron chi connectivity index (χ4n) is 2.01. The van der Waals surface area contributed by atoms with Gasteiger partial charge >= 0.3 is 5.69 Å². The van der Waals surface area contributed by atoms with E-state index in [-0.39, 0.29) is 11.5 Å². The molecular formula is C16H16BrN3O3. The minimum atomic E-state index is -0.441. The zero-order chi connectivity index (χ0) is 17.0. The van der Waals surface area contributed by atoms with Gasteiger partial charge in [0.2, 0.25) is 5.91 Å². The number of halogens is 1. The van der Waals surface area contributed by atoms with E-state index < -0.39 is 11.2 Å². The Kier molecular flexibility index (Phi) is 5.33. The zero-order valence-electron chi connectivity index (χ0n) is 12.7. The van der Waals surface area contributed by atoms with E-state index >= 15 is 0 Å². The van der Waals surface area contributed by atoms with Crippen LogP contribution in [0.3, 0.4) is 0 Å². The van der Waals surface area contributed by atoms with Gasteiger partial charge in [0.15, 0.2) is 0 Å². The molecule has 1 N–H and O–H groups in total. The molecule has 0 aliphatic heterocycles. The molecule has 0 fully saturated rings. The SMILES string of the molecule is Cn1cc(/C=C/C(=O)NCc2cccc(Br)c2)c(=O)n(C)c1=O. The topological polar surface area (TPSA) is 73.1 Å². The maximum atomic E-state index is 11.9. The average molecular weight is 378 g/mol. The van der Waals surface area contributed by atoms with Gasteiger partial charge in [0.05, 0.1) is 5.56 Å². The lowest BCUT2D eigenvalue weighted by Gasteiger charge is -2.04. The summed E-state index contributed by atoms with van der Waals surface area (Å²) in [4.78, 5) is 35.4. The number of aryl methyl sites for hydroxylation is 1. The van der Waals surface area contributed by atoms with Gasteiger partial charge in [-0.15, -0.1) is 0 Å². The van der Waals surface area contributed by atoms with Crippen molar-refractivity contribution >= 4 is 27.9 Å². The Morgan fingerprint density at radius 2 is 2.04 bits per heavy atom. The van der Waals surface area contributed by atoms with Crippen molar-refractivity contribution < 1.29 is 4.79 Å². The molecule has 0 unspecified atom stereocenters. The second-order valence-corrected chi connectivity index (χ2v) is 5.94. The monoisotopic (exact) mass is 377 g/mol. The Hall–Kier alpha value is -2.41. The summed E-state index contributed by atoms with van der Waals surface area (Å²) >= 11 is 3.37. The lowest BCUT2D eigenvalue weighted by Crippen LogP contribution is -2.37. The molecule has 23 heavy (non-hydrogen) atoms. The number of hydrogen-bond acceptors (Lipinski definition) is 3. The van der Waals surface area contributed by atoms with Gasteiger partial charge in [-0.3, -0.25) is 14.2 Å². The molecule has 1 aromatic heterocycles. The number of amides is 1. The van der Waals surface area contributed by atoms with E-state index in [4.69, 9.17) is 0 Å². The Labute approximate surface area is 141 Å². The summed E-state index contributed by atoms with van der Waals surface area (Å²) in [5.41, 5.74) is 0.377. The Morgan fingerprint density at radius 3 is 2.74 bits per heavy atom. The number of hydrogen-bond donors (Lipinski definition) is 1. The Bertz CT molecular complexity index is 881. The van der Waals surface area contributed by atoms with Gasteiger partial charge in [0.25, 0.3) is 5.56 Å². The summed E-state index contributed by atoms with van der Waals surface area (Å²) in [6.45, 7) is 0.383. The van der Waals surface area contributed by atoms with E-state index in [1.54, 1.807) is 7.05 Å². The third kappa shape index (κ3) is 4.29. The van der Waals surface area contributed by atoms with Crippen LogP contribution in [0.25, 0.3) is 6.08 Å². The first-order chi connectivity index (χ1) is 10.9. The number of aromatic nitrogens is 2. The van der Waals surface area contributed by atoms with Crippen LogP contribution >= 0.6 is 15.9 Å². The van der Waals surface area contributed by atoms with Crippen molar-refractivity contribution in [1.29, 1.82) is 0 Å². The van der Waals surface area contributed by atoms with Crippen LogP contribution in [0.5, 0.6) is 0 Å². The molecule has 0 radical (unpaired) electrons. The number of benzene rings is 1. The molecule has 120 valence electrons. The molecule has 1 heterocycles. The number of nitrogens with zero attached hydrogens (tertiary/aromatic N) is 2. The van der Waals surface area contributed by atoms with Gasteiger partial charge in [0.1, 0.15) is 0 Å². The number of nitrogens with one attached hydrogen (secondary N) is 1. The summed E-state index contributed by atoms with van der Waals surface area (Å²) in [6.07, 6.45) is 4.08. The van der Waals surface area contributed by atoms with Gasteiger partial charge < -0.3 is 9.88 Å². The van der Waals surface area contributed by atoms with Crippen molar-refractivity contribution in [2.24, 2.45) is 14.1 Å². The standard InChI is InChI=1S/C16H16BrN3O3/c1-19-10-12(15(22)20(2)16(19)23)6-7-14(21)18-9-11-4-3-5-13(17)8-11/h3-8,10H,9H2,1-2H3,(H,18,21)/b7-6+. The molecular weight excluding hydrogens is 362 g/mol. The van der Waals surface area contributed by atoms with Gasteiger partial charge in [-0.05, 0) is 23.8 Å². The molecule has 0 bridgehead atoms. The van der Waals surface area contributed by atoms with E-state index in [0.717, 1.165) is 14.6 Å². The molecule has 1 amide bonds. The number of rotatable bonds is 4. The highest BCUT2D eigenvalue weighted by atomic mass is 79.9. The minimum Gasteiger partial charge on any atom is -0.348 e. The van der Waals surface area contributed by atoms with Crippen molar-refractivity contribution in [3.63, 3.8) is 0 Å². The van der Waals surface area contributed by atoms with E-state index in [2.05, 4.69) is 21.2 Å². The van der Waals surface area contributed by atoms with Crippen LogP contribution in [-0.4, -0.2) is 15.0 Å². The summed E-state index contributed by atoms with van der Waals surface area (Å²) in [7, 11) is 2.95. The van der Waals surface area contributed by atoms with Gasteiger partial charge in [0, 0.05) is 37.4 Å². The first-order valence-corrected chi connectivity index (χ1v) is 7.65. The van der Waals surface area contributed by atoms with Gasteiger partial charge in [-0.2, -0.15) is 0 Å². The van der Waals surface area contributed by atoms with Crippen LogP contribution in [-0.2, 0) is 25.4 Å². The van der Waals surface area contributed by atoms with E-state index in [9.17, 15) is 14.4 Å². The Balaban J connectivity index is 2.07. The quantitative estimate of drug-likeness (QED) is 0.812. The zero-order valence-corrected chi connectivity index (χ0v) is 14.3. The fraction of sp³-hybridized carbons (Fsp3) is 0.188. The second-order valence-electron chi connectivity index (χ2n) is 5.02. The van der Waals surface area contributed by atoms with E-state index in [0.29, 0.717) is 6.54 Å². The van der Waals surface area contributed by atoms with Crippen LogP contribution in [0.2, 0.25) is 0 Å². The molecule has 0 saturated carbocycles. The van der Waals surface area contributed by atoms with Crippen LogP contribution in [0.1, 0.15) is 11.1 Å². The van der Waals surface area contributed by atoms with Crippen molar-refractivity contribution in [3.05, 3.63) is 73.0 Å². The molecule has 0 saturated heterocycles. The van der Waals surface area contributed by atoms with Crippen molar-refractivity contribution in [1.82, 2.24) is 14.5 Å². The van der Waals surface area contributed by atoms with Crippen LogP contribution in [0.4, 0.5) is 0 Å². The normalized spacial score (nSPS) is 10.9. The molecule has 2 rings (SSSR count). The van der Waals surface area contributed by atoms with Crippen molar-refractivity contribution in [3.8, 4) is 0 Å². The molecule has 1 aromatic carbocycles. The van der Waals surface area contributed by atoms with E-state index in [1.165, 1.54) is 30.0 Å². The average Bonchev–Trinajstić information content (AvgIpc) is 2.53. The van der Waals surface area contributed by atoms with Gasteiger partial charge in [-0.25, -0.2) is 4.79 Å². The fourth-order valence-corrected chi connectivity index (χ4v) is 2.46. The molecule has 0 aliphatic rings. The lowest BCUT2D eigenvalue weighted by atomic mass is 10.2. The van der Waals surface area contributed by atoms with Crippen molar-refractivity contribution in [2.45, 2.75) is 6.54 Å². The largest absolute Gasteiger partial charge is 0.348 e. The Morgan fingerprint density at radius 1 is 1.30 bits per heavy atom. The third-order valence-electron chi connectivity index (χ3n) is 3.24. The molecule has 6 nitrogen and oxygen atoms in total. The van der Waals surface area contributed by atoms with Crippen LogP contribution < -0.4 is 16.6 Å². The first-order valence-electron chi connectivity index (χ1n) is 6.85. The summed E-state index contributed by atoms with van der Waals surface area (Å²) < 4.78 is 3.23. The molecule has 7 heteroatoms. The lowest BCUT2D eigenvalue weighted by molar-refractivity contribution is -0.116. The highest BCUT2D eigenvalue weighted by molar-refractivity contribution is 9.10. The third-order valence-corrected chi connectivity index (χ3v) is 3.74. The predicted molar refractivity (Wildman–Crippen MR) is 91.9 cm³/mol. The minimum absolute atomic E-state index is 0.271. The summed E-state index contributed by atoms with van der Waals surface area (Å²) in [6, 6.07) is 7.60. The molecule has 0 spiro atoms. The van der Waals surface area contributed by atoms with Gasteiger partial charge in [-0.1, -0.05) is 28.1 Å². The first kappa shape index (κ1) is 17.0.